The molecule has 2 rings (SSSR count). The van der Waals surface area contributed by atoms with Crippen LogP contribution in [-0.4, -0.2) is 61.7 Å². The smallest absolute Gasteiger partial charge is 0.0223 e. The number of likely N-dealkylation sites (N-methyl/N-ethyl adjacent to an activating group) is 1. The highest BCUT2D eigenvalue weighted by molar-refractivity contribution is 4.90. The Morgan fingerprint density at radius 3 is 2.76 bits per heavy atom. The third-order valence-electron chi connectivity index (χ3n) is 4.49. The fourth-order valence-electron chi connectivity index (χ4n) is 3.31. The lowest BCUT2D eigenvalue weighted by Crippen LogP contribution is -2.37. The van der Waals surface area contributed by atoms with Crippen LogP contribution in [0.5, 0.6) is 0 Å². The van der Waals surface area contributed by atoms with Gasteiger partial charge < -0.3 is 10.2 Å². The van der Waals surface area contributed by atoms with Crippen molar-refractivity contribution in [2.75, 3.05) is 39.8 Å². The van der Waals surface area contributed by atoms with Crippen molar-refractivity contribution in [1.82, 2.24) is 15.1 Å². The van der Waals surface area contributed by atoms with Crippen LogP contribution in [0.4, 0.5) is 0 Å². The maximum Gasteiger partial charge on any atom is 0.0223 e. The van der Waals surface area contributed by atoms with Crippen molar-refractivity contribution in [3.05, 3.63) is 0 Å². The minimum Gasteiger partial charge on any atom is -0.317 e. The summed E-state index contributed by atoms with van der Waals surface area (Å²) in [6, 6.07) is 1.72. The summed E-state index contributed by atoms with van der Waals surface area (Å²) in [4.78, 5) is 5.32. The average Bonchev–Trinajstić information content (AvgIpc) is 2.56. The van der Waals surface area contributed by atoms with Crippen LogP contribution in [0.1, 0.15) is 39.0 Å². The highest BCUT2D eigenvalue weighted by Gasteiger charge is 2.34. The Morgan fingerprint density at radius 2 is 1.94 bits per heavy atom. The molecule has 0 saturated carbocycles. The molecule has 0 amide bonds. The van der Waals surface area contributed by atoms with E-state index in [1.807, 2.05) is 0 Å². The van der Waals surface area contributed by atoms with E-state index < -0.39 is 0 Å². The van der Waals surface area contributed by atoms with Crippen LogP contribution < -0.4 is 5.32 Å². The number of rotatable bonds is 6. The molecule has 0 spiro atoms. The van der Waals surface area contributed by atoms with Gasteiger partial charge in [0.25, 0.3) is 0 Å². The molecule has 2 heterocycles. The average molecular weight is 239 g/mol. The van der Waals surface area contributed by atoms with Gasteiger partial charge in [-0.2, -0.15) is 0 Å². The standard InChI is InChI=1S/C14H29N3/c1-3-8-15-9-4-10-17-11-7-13-5-6-14(12-17)16(13)2/h13-15H,3-12H2,1-2H3. The van der Waals surface area contributed by atoms with Crippen molar-refractivity contribution in [3.8, 4) is 0 Å². The van der Waals surface area contributed by atoms with E-state index in [9.17, 15) is 0 Å². The summed E-state index contributed by atoms with van der Waals surface area (Å²) in [5, 5.41) is 3.50. The van der Waals surface area contributed by atoms with Crippen LogP contribution in [0.15, 0.2) is 0 Å². The van der Waals surface area contributed by atoms with Gasteiger partial charge in [-0.15, -0.1) is 0 Å². The first-order valence-electron chi connectivity index (χ1n) is 7.46. The van der Waals surface area contributed by atoms with Crippen LogP contribution in [0.25, 0.3) is 0 Å². The molecule has 0 aromatic rings. The molecule has 2 fully saturated rings. The number of fused-ring (bicyclic) bond motifs is 2. The first kappa shape index (κ1) is 13.3. The molecule has 0 aromatic heterocycles. The predicted molar refractivity (Wildman–Crippen MR) is 73.4 cm³/mol. The first-order chi connectivity index (χ1) is 8.31. The second-order valence-electron chi connectivity index (χ2n) is 5.74. The van der Waals surface area contributed by atoms with Crippen molar-refractivity contribution >= 4 is 0 Å². The molecule has 2 unspecified atom stereocenters. The summed E-state index contributed by atoms with van der Waals surface area (Å²) in [5.41, 5.74) is 0. The number of hydrogen-bond acceptors (Lipinski definition) is 3. The molecular weight excluding hydrogens is 210 g/mol. The monoisotopic (exact) mass is 239 g/mol. The zero-order valence-electron chi connectivity index (χ0n) is 11.6. The Morgan fingerprint density at radius 1 is 1.12 bits per heavy atom. The maximum absolute atomic E-state index is 3.50. The molecule has 100 valence electrons. The van der Waals surface area contributed by atoms with Crippen molar-refractivity contribution < 1.29 is 0 Å². The lowest BCUT2D eigenvalue weighted by Gasteiger charge is -2.25. The van der Waals surface area contributed by atoms with Crippen LogP contribution >= 0.6 is 0 Å². The summed E-state index contributed by atoms with van der Waals surface area (Å²) in [6.07, 6.45) is 6.80. The van der Waals surface area contributed by atoms with Crippen molar-refractivity contribution in [1.29, 1.82) is 0 Å². The third kappa shape index (κ3) is 3.67. The Labute approximate surface area is 107 Å². The van der Waals surface area contributed by atoms with E-state index in [1.165, 1.54) is 64.8 Å². The lowest BCUT2D eigenvalue weighted by molar-refractivity contribution is 0.217. The van der Waals surface area contributed by atoms with Gasteiger partial charge in [-0.05, 0) is 65.3 Å². The number of likely N-dealkylation sites (tertiary alicyclic amines) is 1. The van der Waals surface area contributed by atoms with Gasteiger partial charge in [0.05, 0.1) is 0 Å². The second kappa shape index (κ2) is 6.72. The zero-order chi connectivity index (χ0) is 12.1. The largest absolute Gasteiger partial charge is 0.317 e. The van der Waals surface area contributed by atoms with Crippen LogP contribution in [0.3, 0.4) is 0 Å². The van der Waals surface area contributed by atoms with Gasteiger partial charge in [0.15, 0.2) is 0 Å². The Bertz CT molecular complexity index is 220. The molecule has 17 heavy (non-hydrogen) atoms. The second-order valence-corrected chi connectivity index (χ2v) is 5.74. The molecule has 1 N–H and O–H groups in total. The Hall–Kier alpha value is -0.120. The van der Waals surface area contributed by atoms with Crippen LogP contribution in [0, 0.1) is 0 Å². The van der Waals surface area contributed by atoms with E-state index in [1.54, 1.807) is 0 Å². The molecule has 2 aliphatic rings. The SMILES string of the molecule is CCCNCCCN1CCC2CCC(C1)N2C. The van der Waals surface area contributed by atoms with Gasteiger partial charge in [-0.25, -0.2) is 0 Å². The van der Waals surface area contributed by atoms with Crippen LogP contribution in [0.2, 0.25) is 0 Å². The minimum absolute atomic E-state index is 0.839. The quantitative estimate of drug-likeness (QED) is 0.710. The Kier molecular flexibility index (Phi) is 5.26. The normalized spacial score (nSPS) is 30.7. The molecule has 3 nitrogen and oxygen atoms in total. The van der Waals surface area contributed by atoms with Gasteiger partial charge in [-0.3, -0.25) is 4.90 Å². The highest BCUT2D eigenvalue weighted by Crippen LogP contribution is 2.28. The molecule has 2 bridgehead atoms. The Balaban J connectivity index is 1.65. The van der Waals surface area contributed by atoms with Gasteiger partial charge >= 0.3 is 0 Å². The van der Waals surface area contributed by atoms with Crippen molar-refractivity contribution in [2.45, 2.75) is 51.1 Å². The van der Waals surface area contributed by atoms with E-state index >= 15 is 0 Å². The first-order valence-corrected chi connectivity index (χ1v) is 7.46. The van der Waals surface area contributed by atoms with Crippen molar-refractivity contribution in [3.63, 3.8) is 0 Å². The van der Waals surface area contributed by atoms with E-state index in [-0.39, 0.29) is 0 Å². The third-order valence-corrected chi connectivity index (χ3v) is 4.49. The minimum atomic E-state index is 0.839. The fourth-order valence-corrected chi connectivity index (χ4v) is 3.31. The van der Waals surface area contributed by atoms with E-state index in [0.29, 0.717) is 0 Å². The molecular formula is C14H29N3. The molecule has 2 aliphatic heterocycles. The summed E-state index contributed by atoms with van der Waals surface area (Å²) in [5.74, 6) is 0. The maximum atomic E-state index is 3.50. The summed E-state index contributed by atoms with van der Waals surface area (Å²) < 4.78 is 0. The molecule has 2 saturated heterocycles. The topological polar surface area (TPSA) is 18.5 Å². The number of nitrogens with one attached hydrogen (secondary N) is 1. The molecule has 0 radical (unpaired) electrons. The van der Waals surface area contributed by atoms with Gasteiger partial charge in [-0.1, -0.05) is 6.92 Å². The predicted octanol–water partition coefficient (Wildman–Crippen LogP) is 1.54. The van der Waals surface area contributed by atoms with E-state index in [0.717, 1.165) is 12.1 Å². The molecule has 0 aliphatic carbocycles. The molecule has 2 atom stereocenters. The number of nitrogens with zero attached hydrogens (tertiary/aromatic N) is 2. The van der Waals surface area contributed by atoms with Gasteiger partial charge in [0.1, 0.15) is 0 Å². The highest BCUT2D eigenvalue weighted by atomic mass is 15.3. The summed E-state index contributed by atoms with van der Waals surface area (Å²) >= 11 is 0. The molecule has 0 aromatic carbocycles. The van der Waals surface area contributed by atoms with Crippen LogP contribution in [-0.2, 0) is 0 Å². The zero-order valence-corrected chi connectivity index (χ0v) is 11.6. The van der Waals surface area contributed by atoms with E-state index in [2.05, 4.69) is 29.1 Å². The van der Waals surface area contributed by atoms with Gasteiger partial charge in [0.2, 0.25) is 0 Å². The number of hydrogen-bond donors (Lipinski definition) is 1. The summed E-state index contributed by atoms with van der Waals surface area (Å²) in [7, 11) is 2.33. The van der Waals surface area contributed by atoms with Crippen molar-refractivity contribution in [2.24, 2.45) is 0 Å². The fraction of sp³-hybridized carbons (Fsp3) is 1.00. The lowest BCUT2D eigenvalue weighted by atomic mass is 10.1. The molecule has 3 heteroatoms. The summed E-state index contributed by atoms with van der Waals surface area (Å²) in [6.45, 7) is 8.50. The van der Waals surface area contributed by atoms with Gasteiger partial charge in [0, 0.05) is 18.6 Å². The van der Waals surface area contributed by atoms with E-state index in [4.69, 9.17) is 0 Å².